The number of thiocarbonyl (C=S) groups is 1. The van der Waals surface area contributed by atoms with Crippen LogP contribution in [0.25, 0.3) is 16.9 Å². The Morgan fingerprint density at radius 1 is 0.949 bits per heavy atom. The van der Waals surface area contributed by atoms with Gasteiger partial charge in [0.25, 0.3) is 11.8 Å². The maximum absolute atomic E-state index is 13.0. The molecule has 8 nitrogen and oxygen atoms in total. The zero-order valence-corrected chi connectivity index (χ0v) is 22.2. The molecule has 0 aliphatic carbocycles. The standard InChI is InChI=1S/C29H22ClN5O3S/c1-18-7-16-25(19-5-3-2-4-6-19)34(18)22-12-8-20(9-13-22)26(36)33-31-17-24-27(37)32-29(39)35(28(24)38)23-14-10-21(30)11-15-23/h2-17,24H,1H3,(H,33,36)(H,32,37,39)/b31-17+/t24-/m1/s1. The van der Waals surface area contributed by atoms with Gasteiger partial charge < -0.3 is 9.88 Å². The quantitative estimate of drug-likeness (QED) is 0.153. The Balaban J connectivity index is 1.29. The third-order valence-corrected chi connectivity index (χ3v) is 6.75. The van der Waals surface area contributed by atoms with Crippen molar-refractivity contribution in [2.45, 2.75) is 6.92 Å². The molecule has 2 N–H and O–H groups in total. The normalized spacial score (nSPS) is 15.5. The van der Waals surface area contributed by atoms with E-state index >= 15 is 0 Å². The fraction of sp³-hybridized carbons (Fsp3) is 0.0690. The molecule has 3 aromatic carbocycles. The summed E-state index contributed by atoms with van der Waals surface area (Å²) >= 11 is 11.1. The number of anilines is 1. The number of hydrazone groups is 1. The van der Waals surface area contributed by atoms with Crippen LogP contribution in [0.2, 0.25) is 5.02 Å². The molecule has 39 heavy (non-hydrogen) atoms. The summed E-state index contributed by atoms with van der Waals surface area (Å²) < 4.78 is 2.11. The molecule has 5 rings (SSSR count). The molecule has 1 saturated heterocycles. The summed E-state index contributed by atoms with van der Waals surface area (Å²) in [6, 6.07) is 27.7. The highest BCUT2D eigenvalue weighted by atomic mass is 35.5. The molecule has 1 atom stereocenters. The van der Waals surface area contributed by atoms with E-state index in [1.165, 1.54) is 4.90 Å². The molecule has 2 heterocycles. The summed E-state index contributed by atoms with van der Waals surface area (Å²) in [5.74, 6) is -2.99. The molecule has 0 spiro atoms. The fourth-order valence-electron chi connectivity index (χ4n) is 4.27. The second-order valence-electron chi connectivity index (χ2n) is 8.75. The number of halogens is 1. The summed E-state index contributed by atoms with van der Waals surface area (Å²) in [5, 5.41) is 6.81. The van der Waals surface area contributed by atoms with Gasteiger partial charge in [0.15, 0.2) is 11.0 Å². The van der Waals surface area contributed by atoms with Gasteiger partial charge in [-0.2, -0.15) is 5.10 Å². The van der Waals surface area contributed by atoms with Crippen molar-refractivity contribution in [2.24, 2.45) is 11.0 Å². The van der Waals surface area contributed by atoms with Crippen LogP contribution in [0.3, 0.4) is 0 Å². The molecular weight excluding hydrogens is 534 g/mol. The molecule has 4 aromatic rings. The minimum absolute atomic E-state index is 0.0468. The first-order valence-corrected chi connectivity index (χ1v) is 12.7. The number of hydrogen-bond acceptors (Lipinski definition) is 5. The van der Waals surface area contributed by atoms with Crippen molar-refractivity contribution in [1.82, 2.24) is 15.3 Å². The van der Waals surface area contributed by atoms with Crippen LogP contribution in [-0.2, 0) is 9.59 Å². The number of benzene rings is 3. The number of nitrogens with one attached hydrogen (secondary N) is 2. The van der Waals surface area contributed by atoms with Gasteiger partial charge in [0.05, 0.1) is 11.4 Å². The first kappa shape index (κ1) is 26.0. The van der Waals surface area contributed by atoms with Gasteiger partial charge in [0, 0.05) is 28.2 Å². The molecule has 10 heteroatoms. The average molecular weight is 556 g/mol. The number of hydrogen-bond donors (Lipinski definition) is 2. The molecule has 0 bridgehead atoms. The summed E-state index contributed by atoms with van der Waals surface area (Å²) in [6.45, 7) is 2.02. The Labute approximate surface area is 234 Å². The van der Waals surface area contributed by atoms with E-state index in [1.807, 2.05) is 55.5 Å². The molecule has 0 unspecified atom stereocenters. The summed E-state index contributed by atoms with van der Waals surface area (Å²) in [7, 11) is 0. The maximum atomic E-state index is 13.0. The lowest BCUT2D eigenvalue weighted by molar-refractivity contribution is -0.130. The van der Waals surface area contributed by atoms with Crippen molar-refractivity contribution in [3.63, 3.8) is 0 Å². The Bertz CT molecular complexity index is 1600. The van der Waals surface area contributed by atoms with Gasteiger partial charge in [-0.3, -0.25) is 19.3 Å². The van der Waals surface area contributed by atoms with Crippen molar-refractivity contribution in [3.05, 3.63) is 107 Å². The van der Waals surface area contributed by atoms with E-state index in [0.717, 1.165) is 28.9 Å². The highest BCUT2D eigenvalue weighted by Crippen LogP contribution is 2.27. The maximum Gasteiger partial charge on any atom is 0.271 e. The van der Waals surface area contributed by atoms with Gasteiger partial charge in [-0.15, -0.1) is 0 Å². The fourth-order valence-corrected chi connectivity index (χ4v) is 4.69. The van der Waals surface area contributed by atoms with Crippen molar-refractivity contribution >= 4 is 58.6 Å². The van der Waals surface area contributed by atoms with Crippen molar-refractivity contribution in [3.8, 4) is 16.9 Å². The van der Waals surface area contributed by atoms with Crippen LogP contribution < -0.4 is 15.6 Å². The topological polar surface area (TPSA) is 95.8 Å². The molecule has 194 valence electrons. The van der Waals surface area contributed by atoms with Crippen LogP contribution in [0, 0.1) is 12.8 Å². The van der Waals surface area contributed by atoms with E-state index in [1.54, 1.807) is 36.4 Å². The van der Waals surface area contributed by atoms with Gasteiger partial charge in [0.1, 0.15) is 0 Å². The first-order chi connectivity index (χ1) is 18.8. The van der Waals surface area contributed by atoms with Gasteiger partial charge in [-0.25, -0.2) is 5.43 Å². The number of carbonyl (C=O) groups excluding carboxylic acids is 3. The van der Waals surface area contributed by atoms with Gasteiger partial charge in [-0.1, -0.05) is 41.9 Å². The van der Waals surface area contributed by atoms with E-state index in [2.05, 4.69) is 26.5 Å². The van der Waals surface area contributed by atoms with Crippen LogP contribution in [0.4, 0.5) is 5.69 Å². The van der Waals surface area contributed by atoms with E-state index in [4.69, 9.17) is 23.8 Å². The average Bonchev–Trinajstić information content (AvgIpc) is 3.33. The summed E-state index contributed by atoms with van der Waals surface area (Å²) in [6.07, 6.45) is 1.09. The highest BCUT2D eigenvalue weighted by molar-refractivity contribution is 7.80. The predicted molar refractivity (Wildman–Crippen MR) is 155 cm³/mol. The summed E-state index contributed by atoms with van der Waals surface area (Å²) in [5.41, 5.74) is 7.28. The third-order valence-electron chi connectivity index (χ3n) is 6.21. The Morgan fingerprint density at radius 3 is 2.31 bits per heavy atom. The molecule has 1 fully saturated rings. The SMILES string of the molecule is Cc1ccc(-c2ccccc2)n1-c1ccc(C(=O)N/N=C/[C@@H]2C(=O)NC(=S)N(c3ccc(Cl)cc3)C2=O)cc1. The summed E-state index contributed by atoms with van der Waals surface area (Å²) in [4.78, 5) is 39.4. The minimum atomic E-state index is -1.27. The smallest absolute Gasteiger partial charge is 0.271 e. The first-order valence-electron chi connectivity index (χ1n) is 12.0. The molecule has 0 saturated carbocycles. The van der Waals surface area contributed by atoms with Crippen LogP contribution in [0.15, 0.2) is 96.1 Å². The van der Waals surface area contributed by atoms with Crippen LogP contribution in [-0.4, -0.2) is 33.6 Å². The molecule has 3 amide bonds. The van der Waals surface area contributed by atoms with Crippen LogP contribution >= 0.6 is 23.8 Å². The number of rotatable bonds is 6. The zero-order valence-electron chi connectivity index (χ0n) is 20.7. The van der Waals surface area contributed by atoms with E-state index in [9.17, 15) is 14.4 Å². The number of amides is 3. The molecule has 0 radical (unpaired) electrons. The largest absolute Gasteiger partial charge is 0.314 e. The van der Waals surface area contributed by atoms with E-state index < -0.39 is 23.6 Å². The second-order valence-corrected chi connectivity index (χ2v) is 9.57. The number of aryl methyl sites for hydroxylation is 1. The Hall–Kier alpha value is -4.60. The van der Waals surface area contributed by atoms with E-state index in [0.29, 0.717) is 16.3 Å². The van der Waals surface area contributed by atoms with Gasteiger partial charge in [0.2, 0.25) is 5.91 Å². The zero-order chi connectivity index (χ0) is 27.5. The van der Waals surface area contributed by atoms with Crippen molar-refractivity contribution in [1.29, 1.82) is 0 Å². The lowest BCUT2D eigenvalue weighted by Gasteiger charge is -2.30. The Kier molecular flexibility index (Phi) is 7.36. The van der Waals surface area contributed by atoms with Crippen LogP contribution in [0.1, 0.15) is 16.1 Å². The Morgan fingerprint density at radius 2 is 1.62 bits per heavy atom. The minimum Gasteiger partial charge on any atom is -0.314 e. The molecule has 1 aliphatic heterocycles. The number of aromatic nitrogens is 1. The lowest BCUT2D eigenvalue weighted by atomic mass is 10.1. The lowest BCUT2D eigenvalue weighted by Crippen LogP contribution is -2.58. The van der Waals surface area contributed by atoms with Crippen molar-refractivity contribution in [2.75, 3.05) is 4.90 Å². The monoisotopic (exact) mass is 555 g/mol. The third kappa shape index (κ3) is 5.36. The number of nitrogens with zero attached hydrogens (tertiary/aromatic N) is 3. The van der Waals surface area contributed by atoms with E-state index in [-0.39, 0.29) is 5.11 Å². The van der Waals surface area contributed by atoms with Gasteiger partial charge in [-0.05, 0) is 85.4 Å². The number of carbonyl (C=O) groups is 3. The molecular formula is C29H22ClN5O3S. The van der Waals surface area contributed by atoms with Crippen molar-refractivity contribution < 1.29 is 14.4 Å². The molecule has 1 aliphatic rings. The van der Waals surface area contributed by atoms with Gasteiger partial charge >= 0.3 is 0 Å². The predicted octanol–water partition coefficient (Wildman–Crippen LogP) is 4.89. The second kappa shape index (κ2) is 11.0. The molecule has 1 aromatic heterocycles. The highest BCUT2D eigenvalue weighted by Gasteiger charge is 2.38. The van der Waals surface area contributed by atoms with Crippen LogP contribution in [0.5, 0.6) is 0 Å².